The van der Waals surface area contributed by atoms with E-state index in [0.29, 0.717) is 0 Å². The van der Waals surface area contributed by atoms with Gasteiger partial charge in [-0.2, -0.15) is 0 Å². The van der Waals surface area contributed by atoms with Gasteiger partial charge in [0.25, 0.3) is 8.53 Å². The molecular formula is C64H86N3O4P. The third-order valence-corrected chi connectivity index (χ3v) is 15.1. The quantitative estimate of drug-likeness (QED) is 0.0156. The van der Waals surface area contributed by atoms with Crippen molar-refractivity contribution in [2.75, 3.05) is 14.2 Å². The summed E-state index contributed by atoms with van der Waals surface area (Å²) in [7, 11) is 1.54. The zero-order valence-electron chi connectivity index (χ0n) is 44.1. The molecular weight excluding hydrogens is 906 g/mol. The number of methoxy groups -OCH3 is 2. The summed E-state index contributed by atoms with van der Waals surface area (Å²) < 4.78 is 26.8. The fourth-order valence-electron chi connectivity index (χ4n) is 10.4. The summed E-state index contributed by atoms with van der Waals surface area (Å²) in [6.07, 6.45) is 22.5. The summed E-state index contributed by atoms with van der Waals surface area (Å²) in [6.45, 7) is 4.56. The van der Waals surface area contributed by atoms with Gasteiger partial charge in [-0.1, -0.05) is 274 Å². The van der Waals surface area contributed by atoms with Crippen molar-refractivity contribution >= 4 is 8.53 Å². The van der Waals surface area contributed by atoms with Gasteiger partial charge in [-0.25, -0.2) is 0 Å². The van der Waals surface area contributed by atoms with Crippen LogP contribution in [0, 0.1) is 0 Å². The Morgan fingerprint density at radius 3 is 0.931 bits per heavy atom. The highest BCUT2D eigenvalue weighted by Gasteiger charge is 2.43. The van der Waals surface area contributed by atoms with Gasteiger partial charge in [0.05, 0.1) is 14.2 Å². The standard InChI is InChI=1S/C64H86N3O4P/c1-5-7-9-11-13-15-17-19-33-51-61(66-63(53-39-25-21-26-40-53,54-41-27-22-28-42-54)57-47-35-37-49-59(57)68-3)70-72(65)71-62(52-34-20-18-16-14-12-10-8-6-2)67-64(55-43-29-23-30-44-55,56-45-31-24-32-46-56)58-48-36-38-50-60(58)69-4/h21-32,35-50,61-62,66-67H,5-20,33-34,51-52,65H2,1-4H3. The van der Waals surface area contributed by atoms with Crippen LogP contribution >= 0.6 is 8.53 Å². The third-order valence-electron chi connectivity index (χ3n) is 14.2. The van der Waals surface area contributed by atoms with Crippen molar-refractivity contribution in [3.8, 4) is 11.5 Å². The van der Waals surface area contributed by atoms with Crippen LogP contribution in [0.1, 0.15) is 176 Å². The van der Waals surface area contributed by atoms with E-state index in [1.54, 1.807) is 14.2 Å². The summed E-state index contributed by atoms with van der Waals surface area (Å²) in [5, 5.41) is 8.33. The van der Waals surface area contributed by atoms with Crippen LogP contribution in [0.4, 0.5) is 0 Å². The lowest BCUT2D eigenvalue weighted by molar-refractivity contribution is 0.0753. The van der Waals surface area contributed by atoms with Gasteiger partial charge in [-0.3, -0.25) is 16.1 Å². The second-order valence-electron chi connectivity index (χ2n) is 19.4. The molecule has 6 rings (SSSR count). The van der Waals surface area contributed by atoms with Gasteiger partial charge in [0.1, 0.15) is 35.0 Å². The van der Waals surface area contributed by atoms with Crippen LogP contribution in [0.5, 0.6) is 11.5 Å². The van der Waals surface area contributed by atoms with Crippen molar-refractivity contribution in [2.45, 2.75) is 166 Å². The number of ether oxygens (including phenoxy) is 2. The molecule has 0 bridgehead atoms. The Labute approximate surface area is 436 Å². The minimum atomic E-state index is -1.96. The molecule has 2 unspecified atom stereocenters. The van der Waals surface area contributed by atoms with E-state index in [2.05, 4.69) is 170 Å². The second-order valence-corrected chi connectivity index (χ2v) is 20.4. The van der Waals surface area contributed by atoms with Gasteiger partial charge in [0.2, 0.25) is 0 Å². The molecule has 0 fully saturated rings. The smallest absolute Gasteiger partial charge is 0.256 e. The van der Waals surface area contributed by atoms with E-state index in [4.69, 9.17) is 24.0 Å². The van der Waals surface area contributed by atoms with Crippen molar-refractivity contribution in [3.05, 3.63) is 203 Å². The molecule has 0 aliphatic heterocycles. The zero-order valence-corrected chi connectivity index (χ0v) is 45.0. The number of hydrogen-bond acceptors (Lipinski definition) is 7. The van der Waals surface area contributed by atoms with Gasteiger partial charge in [-0.05, 0) is 60.1 Å². The molecule has 4 N–H and O–H groups in total. The monoisotopic (exact) mass is 992 g/mol. The maximum Gasteiger partial charge on any atom is 0.256 e. The van der Waals surface area contributed by atoms with Gasteiger partial charge >= 0.3 is 0 Å². The molecule has 8 heteroatoms. The van der Waals surface area contributed by atoms with E-state index in [1.807, 2.05) is 24.3 Å². The topological polar surface area (TPSA) is 87.0 Å². The lowest BCUT2D eigenvalue weighted by atomic mass is 9.76. The van der Waals surface area contributed by atoms with Crippen molar-refractivity contribution in [1.82, 2.24) is 10.6 Å². The highest BCUT2D eigenvalue weighted by atomic mass is 31.2. The molecule has 0 saturated heterocycles. The number of unbranched alkanes of at least 4 members (excludes halogenated alkanes) is 16. The zero-order chi connectivity index (χ0) is 50.5. The van der Waals surface area contributed by atoms with E-state index in [9.17, 15) is 0 Å². The van der Waals surface area contributed by atoms with Crippen LogP contribution in [-0.4, -0.2) is 26.7 Å². The van der Waals surface area contributed by atoms with Crippen LogP contribution in [0.3, 0.4) is 0 Å². The number of nitrogens with one attached hydrogen (secondary N) is 2. The summed E-state index contributed by atoms with van der Waals surface area (Å²) in [6, 6.07) is 59.3. The first kappa shape index (κ1) is 56.4. The molecule has 0 saturated carbocycles. The molecule has 0 aliphatic rings. The highest BCUT2D eigenvalue weighted by Crippen LogP contribution is 2.46. The van der Waals surface area contributed by atoms with Crippen LogP contribution < -0.4 is 25.6 Å². The largest absolute Gasteiger partial charge is 0.496 e. The molecule has 72 heavy (non-hydrogen) atoms. The van der Waals surface area contributed by atoms with Crippen molar-refractivity contribution in [3.63, 3.8) is 0 Å². The lowest BCUT2D eigenvalue weighted by Gasteiger charge is -2.42. The fourth-order valence-corrected chi connectivity index (χ4v) is 11.3. The molecule has 6 aromatic rings. The van der Waals surface area contributed by atoms with E-state index in [0.717, 1.165) is 83.4 Å². The van der Waals surface area contributed by atoms with Crippen LogP contribution in [0.15, 0.2) is 170 Å². The molecule has 0 heterocycles. The highest BCUT2D eigenvalue weighted by molar-refractivity contribution is 7.44. The SMILES string of the molecule is CCCCCCCCCCCC(NC(c1ccccc1)(c1ccccc1)c1ccccc1OC)OP(N)OC(CCCCCCCCCCC)NC(c1ccccc1)(c1ccccc1)c1ccccc1OC. The Bertz CT molecular complexity index is 2090. The minimum Gasteiger partial charge on any atom is -0.496 e. The van der Waals surface area contributed by atoms with E-state index < -0.39 is 32.1 Å². The average molecular weight is 992 g/mol. The Morgan fingerprint density at radius 2 is 0.639 bits per heavy atom. The van der Waals surface area contributed by atoms with Gasteiger partial charge < -0.3 is 18.5 Å². The molecule has 0 spiro atoms. The van der Waals surface area contributed by atoms with E-state index >= 15 is 0 Å². The maximum absolute atomic E-state index is 7.37. The first-order valence-electron chi connectivity index (χ1n) is 27.4. The number of rotatable bonds is 36. The fraction of sp³-hybridized carbons (Fsp3) is 0.438. The Morgan fingerprint density at radius 1 is 0.375 bits per heavy atom. The predicted octanol–water partition coefficient (Wildman–Crippen LogP) is 16.9. The van der Waals surface area contributed by atoms with Gasteiger partial charge in [0.15, 0.2) is 0 Å². The Hall–Kier alpha value is -4.85. The summed E-state index contributed by atoms with van der Waals surface area (Å²) in [5.41, 5.74) is 11.9. The van der Waals surface area contributed by atoms with E-state index in [-0.39, 0.29) is 0 Å². The number of benzene rings is 6. The van der Waals surface area contributed by atoms with Crippen LogP contribution in [-0.2, 0) is 20.1 Å². The molecule has 7 nitrogen and oxygen atoms in total. The van der Waals surface area contributed by atoms with Crippen LogP contribution in [0.25, 0.3) is 0 Å². The molecule has 0 aliphatic carbocycles. The van der Waals surface area contributed by atoms with Crippen molar-refractivity contribution in [1.29, 1.82) is 0 Å². The predicted molar refractivity (Wildman–Crippen MR) is 302 cm³/mol. The van der Waals surface area contributed by atoms with E-state index in [1.165, 1.54) is 89.9 Å². The molecule has 6 aromatic carbocycles. The maximum atomic E-state index is 7.37. The number of nitrogens with two attached hydrogens (primary N) is 1. The second kappa shape index (κ2) is 31.7. The Kier molecular flexibility index (Phi) is 24.8. The number of para-hydroxylation sites is 2. The molecule has 0 aromatic heterocycles. The van der Waals surface area contributed by atoms with Gasteiger partial charge in [-0.15, -0.1) is 0 Å². The first-order valence-corrected chi connectivity index (χ1v) is 28.7. The summed E-state index contributed by atoms with van der Waals surface area (Å²) in [5.74, 6) is 1.57. The summed E-state index contributed by atoms with van der Waals surface area (Å²) in [4.78, 5) is 0. The average Bonchev–Trinajstić information content (AvgIpc) is 3.43. The normalized spacial score (nSPS) is 13.1. The van der Waals surface area contributed by atoms with Crippen LogP contribution in [0.2, 0.25) is 0 Å². The Balaban J connectivity index is 1.38. The minimum absolute atomic E-state index is 0.494. The molecule has 2 atom stereocenters. The molecule has 0 radical (unpaired) electrons. The lowest BCUT2D eigenvalue weighted by Crippen LogP contribution is -2.52. The van der Waals surface area contributed by atoms with Crippen molar-refractivity contribution < 1.29 is 18.5 Å². The van der Waals surface area contributed by atoms with Gasteiger partial charge in [0, 0.05) is 11.1 Å². The first-order chi connectivity index (χ1) is 35.5. The molecule has 0 amide bonds. The summed E-state index contributed by atoms with van der Waals surface area (Å²) >= 11 is 0. The van der Waals surface area contributed by atoms with Crippen molar-refractivity contribution in [2.24, 2.45) is 5.50 Å². The number of hydrogen-bond donors (Lipinski definition) is 3. The third kappa shape index (κ3) is 16.1. The molecule has 386 valence electrons.